The minimum atomic E-state index is -3.16. The second-order valence-corrected chi connectivity index (χ2v) is 7.10. The number of nitrogens with zero attached hydrogens (tertiary/aromatic N) is 2. The third-order valence-corrected chi connectivity index (χ3v) is 4.01. The summed E-state index contributed by atoms with van der Waals surface area (Å²) in [6, 6.07) is 5.95. The molecule has 0 aliphatic carbocycles. The van der Waals surface area contributed by atoms with Crippen molar-refractivity contribution in [2.45, 2.75) is 18.7 Å². The number of benzene rings is 1. The van der Waals surface area contributed by atoms with Gasteiger partial charge in [0.05, 0.1) is 0 Å². The zero-order valence-electron chi connectivity index (χ0n) is 11.1. The van der Waals surface area contributed by atoms with Crippen molar-refractivity contribution in [1.29, 1.82) is 0 Å². The van der Waals surface area contributed by atoms with Gasteiger partial charge in [0.1, 0.15) is 5.75 Å². The van der Waals surface area contributed by atoms with E-state index in [-0.39, 0.29) is 11.6 Å². The van der Waals surface area contributed by atoms with E-state index in [4.69, 9.17) is 4.52 Å². The predicted molar refractivity (Wildman–Crippen MR) is 73.7 cm³/mol. The number of rotatable bonds is 3. The van der Waals surface area contributed by atoms with Crippen LogP contribution in [0.3, 0.4) is 0 Å². The largest absolute Gasteiger partial charge is 0.334 e. The highest BCUT2D eigenvalue weighted by molar-refractivity contribution is 7.89. The first kappa shape index (κ1) is 13.3. The lowest BCUT2D eigenvalue weighted by molar-refractivity contribution is 0.424. The summed E-state index contributed by atoms with van der Waals surface area (Å²) >= 11 is 0. The number of sulfone groups is 1. The van der Waals surface area contributed by atoms with Crippen LogP contribution in [-0.4, -0.2) is 31.4 Å². The highest BCUT2D eigenvalue weighted by Gasteiger charge is 2.19. The number of fused-ring (bicyclic) bond motifs is 1. The van der Waals surface area contributed by atoms with E-state index in [1.54, 1.807) is 0 Å². The second-order valence-electron chi connectivity index (χ2n) is 4.96. The van der Waals surface area contributed by atoms with Crippen molar-refractivity contribution in [1.82, 2.24) is 15.5 Å². The van der Waals surface area contributed by atoms with Crippen molar-refractivity contribution >= 4 is 9.84 Å². The first-order valence-electron chi connectivity index (χ1n) is 6.35. The summed E-state index contributed by atoms with van der Waals surface area (Å²) in [4.78, 5) is 4.20. The molecular weight excluding hydrogens is 278 g/mol. The molecule has 3 rings (SSSR count). The van der Waals surface area contributed by atoms with Crippen LogP contribution in [-0.2, 0) is 28.6 Å². The number of hydrogen-bond acceptors (Lipinski definition) is 6. The molecule has 1 aliphatic rings. The second kappa shape index (κ2) is 4.99. The molecule has 0 fully saturated rings. The lowest BCUT2D eigenvalue weighted by Gasteiger charge is -2.18. The van der Waals surface area contributed by atoms with E-state index >= 15 is 0 Å². The van der Waals surface area contributed by atoms with Gasteiger partial charge in [0.25, 0.3) is 5.89 Å². The maximum atomic E-state index is 11.2. The van der Waals surface area contributed by atoms with Gasteiger partial charge in [-0.2, -0.15) is 4.98 Å². The molecule has 1 aromatic heterocycles. The Labute approximate surface area is 117 Å². The monoisotopic (exact) mass is 293 g/mol. The smallest absolute Gasteiger partial charge is 0.258 e. The average Bonchev–Trinajstić information content (AvgIpc) is 2.84. The Morgan fingerprint density at radius 1 is 1.40 bits per heavy atom. The van der Waals surface area contributed by atoms with Crippen LogP contribution >= 0.6 is 0 Å². The van der Waals surface area contributed by atoms with Crippen molar-refractivity contribution in [2.24, 2.45) is 0 Å². The molecule has 2 heterocycles. The van der Waals surface area contributed by atoms with Gasteiger partial charge in [0.2, 0.25) is 0 Å². The first-order valence-corrected chi connectivity index (χ1v) is 8.41. The van der Waals surface area contributed by atoms with Crippen LogP contribution in [0.25, 0.3) is 11.5 Å². The van der Waals surface area contributed by atoms with Crippen LogP contribution in [0.15, 0.2) is 22.7 Å². The zero-order chi connectivity index (χ0) is 14.2. The summed E-state index contributed by atoms with van der Waals surface area (Å²) in [6.07, 6.45) is 2.05. The summed E-state index contributed by atoms with van der Waals surface area (Å²) < 4.78 is 27.7. The topological polar surface area (TPSA) is 85.1 Å². The standard InChI is InChI=1S/C13H15N3O3S/c1-20(17,18)8-12-15-13(19-16-12)11-4-2-3-9-7-14-6-5-10(9)11/h2-4,14H,5-8H2,1H3. The van der Waals surface area contributed by atoms with Crippen LogP contribution in [0.1, 0.15) is 17.0 Å². The maximum absolute atomic E-state index is 11.2. The van der Waals surface area contributed by atoms with Crippen LogP contribution in [0.4, 0.5) is 0 Å². The van der Waals surface area contributed by atoms with E-state index in [1.807, 2.05) is 12.1 Å². The number of nitrogens with one attached hydrogen (secondary N) is 1. The molecule has 0 unspecified atom stereocenters. The van der Waals surface area contributed by atoms with E-state index in [2.05, 4.69) is 21.5 Å². The molecule has 0 radical (unpaired) electrons. The highest BCUT2D eigenvalue weighted by Crippen LogP contribution is 2.27. The molecule has 1 N–H and O–H groups in total. The lowest BCUT2D eigenvalue weighted by atomic mass is 9.95. The third kappa shape index (κ3) is 2.73. The SMILES string of the molecule is CS(=O)(=O)Cc1noc(-c2cccc3c2CCNC3)n1. The average molecular weight is 293 g/mol. The summed E-state index contributed by atoms with van der Waals surface area (Å²) in [5.74, 6) is 0.393. The fourth-order valence-electron chi connectivity index (χ4n) is 2.39. The summed E-state index contributed by atoms with van der Waals surface area (Å²) in [5.41, 5.74) is 3.31. The number of aromatic nitrogens is 2. The number of hydrogen-bond donors (Lipinski definition) is 1. The molecule has 20 heavy (non-hydrogen) atoms. The van der Waals surface area contributed by atoms with Gasteiger partial charge in [-0.15, -0.1) is 0 Å². The Hall–Kier alpha value is -1.73. The van der Waals surface area contributed by atoms with Crippen molar-refractivity contribution in [3.05, 3.63) is 35.2 Å². The van der Waals surface area contributed by atoms with E-state index < -0.39 is 9.84 Å². The van der Waals surface area contributed by atoms with Gasteiger partial charge in [0.15, 0.2) is 15.7 Å². The van der Waals surface area contributed by atoms with E-state index in [9.17, 15) is 8.42 Å². The normalized spacial score (nSPS) is 15.1. The van der Waals surface area contributed by atoms with Gasteiger partial charge < -0.3 is 9.84 Å². The highest BCUT2D eigenvalue weighted by atomic mass is 32.2. The molecule has 0 bridgehead atoms. The van der Waals surface area contributed by atoms with E-state index in [0.717, 1.165) is 31.3 Å². The van der Waals surface area contributed by atoms with Gasteiger partial charge >= 0.3 is 0 Å². The van der Waals surface area contributed by atoms with Crippen LogP contribution in [0.5, 0.6) is 0 Å². The van der Waals surface area contributed by atoms with Crippen LogP contribution in [0.2, 0.25) is 0 Å². The first-order chi connectivity index (χ1) is 9.53. The summed E-state index contributed by atoms with van der Waals surface area (Å²) in [5, 5.41) is 7.06. The van der Waals surface area contributed by atoms with Gasteiger partial charge in [-0.05, 0) is 30.2 Å². The molecule has 0 amide bonds. The molecule has 1 aromatic carbocycles. The summed E-state index contributed by atoms with van der Waals surface area (Å²) in [7, 11) is -3.16. The van der Waals surface area contributed by atoms with Crippen molar-refractivity contribution in [2.75, 3.05) is 12.8 Å². The maximum Gasteiger partial charge on any atom is 0.258 e. The molecule has 2 aromatic rings. The molecule has 0 atom stereocenters. The molecule has 1 aliphatic heterocycles. The summed E-state index contributed by atoms with van der Waals surface area (Å²) in [6.45, 7) is 1.74. The minimum Gasteiger partial charge on any atom is -0.334 e. The Bertz CT molecular complexity index is 737. The van der Waals surface area contributed by atoms with Gasteiger partial charge in [0, 0.05) is 18.4 Å². The molecule has 0 spiro atoms. The Morgan fingerprint density at radius 2 is 2.25 bits per heavy atom. The van der Waals surface area contributed by atoms with Crippen LogP contribution < -0.4 is 5.32 Å². The molecule has 0 saturated heterocycles. The fraction of sp³-hybridized carbons (Fsp3) is 0.385. The lowest BCUT2D eigenvalue weighted by Crippen LogP contribution is -2.24. The molecule has 106 valence electrons. The fourth-order valence-corrected chi connectivity index (χ4v) is 2.98. The zero-order valence-corrected chi connectivity index (χ0v) is 11.9. The Morgan fingerprint density at radius 3 is 3.05 bits per heavy atom. The van der Waals surface area contributed by atoms with E-state index in [1.165, 1.54) is 11.1 Å². The van der Waals surface area contributed by atoms with Gasteiger partial charge in [-0.25, -0.2) is 8.42 Å². The minimum absolute atomic E-state index is 0.201. The molecule has 7 heteroatoms. The van der Waals surface area contributed by atoms with Crippen molar-refractivity contribution in [3.8, 4) is 11.5 Å². The molecule has 0 saturated carbocycles. The van der Waals surface area contributed by atoms with Gasteiger partial charge in [-0.1, -0.05) is 17.3 Å². The van der Waals surface area contributed by atoms with Crippen molar-refractivity contribution in [3.63, 3.8) is 0 Å². The third-order valence-electron chi connectivity index (χ3n) is 3.23. The van der Waals surface area contributed by atoms with Crippen LogP contribution in [0, 0.1) is 0 Å². The van der Waals surface area contributed by atoms with Gasteiger partial charge in [-0.3, -0.25) is 0 Å². The van der Waals surface area contributed by atoms with Crippen molar-refractivity contribution < 1.29 is 12.9 Å². The molecule has 6 nitrogen and oxygen atoms in total. The van der Waals surface area contributed by atoms with E-state index in [0.29, 0.717) is 5.89 Å². The predicted octanol–water partition coefficient (Wildman–Crippen LogP) is 0.927. The Kier molecular flexibility index (Phi) is 3.31. The Balaban J connectivity index is 1.98. The molecular formula is C13H15N3O3S. The quantitative estimate of drug-likeness (QED) is 0.906.